The Morgan fingerprint density at radius 3 is 2.57 bits per heavy atom. The number of hydrogen-bond donors (Lipinski definition) is 1. The molecule has 1 amide bonds. The number of halogens is 1. The van der Waals surface area contributed by atoms with Crippen molar-refractivity contribution in [1.29, 1.82) is 0 Å². The van der Waals surface area contributed by atoms with Crippen molar-refractivity contribution in [2.45, 2.75) is 40.4 Å². The third-order valence-electron chi connectivity index (χ3n) is 5.88. The molecule has 0 bridgehead atoms. The zero-order valence-electron chi connectivity index (χ0n) is 19.7. The fraction of sp³-hybridized carbons (Fsp3) is 0.240. The number of benzene rings is 1. The number of hydrogen-bond acceptors (Lipinski definition) is 5. The first-order chi connectivity index (χ1) is 16.9. The molecule has 5 aromatic rings. The molecule has 0 fully saturated rings. The van der Waals surface area contributed by atoms with Gasteiger partial charge in [0.2, 0.25) is 5.91 Å². The summed E-state index contributed by atoms with van der Waals surface area (Å²) in [7, 11) is 0. The molecule has 0 unspecified atom stereocenters. The highest BCUT2D eigenvalue weighted by molar-refractivity contribution is 5.96. The van der Waals surface area contributed by atoms with Crippen molar-refractivity contribution >= 4 is 22.6 Å². The Hall–Kier alpha value is -4.34. The zero-order chi connectivity index (χ0) is 24.5. The molecule has 5 rings (SSSR count). The van der Waals surface area contributed by atoms with E-state index >= 15 is 0 Å². The summed E-state index contributed by atoms with van der Waals surface area (Å²) in [5.41, 5.74) is 5.73. The van der Waals surface area contributed by atoms with Crippen molar-refractivity contribution in [1.82, 2.24) is 34.3 Å². The molecule has 4 heterocycles. The topological polar surface area (TPSA) is 95.5 Å². The highest BCUT2D eigenvalue weighted by atomic mass is 19.1. The predicted octanol–water partition coefficient (Wildman–Crippen LogP) is 3.95. The van der Waals surface area contributed by atoms with E-state index in [9.17, 15) is 9.18 Å². The maximum atomic E-state index is 13.4. The number of nitrogens with one attached hydrogen (secondary N) is 1. The second-order valence-corrected chi connectivity index (χ2v) is 8.38. The summed E-state index contributed by atoms with van der Waals surface area (Å²) in [6.07, 6.45) is 7.09. The molecule has 0 aliphatic heterocycles. The van der Waals surface area contributed by atoms with Gasteiger partial charge in [0.15, 0.2) is 5.65 Å². The van der Waals surface area contributed by atoms with E-state index in [4.69, 9.17) is 0 Å². The molecule has 4 aromatic heterocycles. The summed E-state index contributed by atoms with van der Waals surface area (Å²) in [6, 6.07) is 8.16. The lowest BCUT2D eigenvalue weighted by Crippen LogP contribution is -2.19. The third kappa shape index (κ3) is 4.54. The lowest BCUT2D eigenvalue weighted by Gasteiger charge is -2.06. The van der Waals surface area contributed by atoms with Crippen molar-refractivity contribution in [2.24, 2.45) is 0 Å². The lowest BCUT2D eigenvalue weighted by molar-refractivity contribution is -0.116. The molecule has 0 saturated heterocycles. The van der Waals surface area contributed by atoms with Gasteiger partial charge >= 0.3 is 0 Å². The number of carbonyl (C=O) groups is 1. The molecule has 9 nitrogen and oxygen atoms in total. The minimum absolute atomic E-state index is 0.00221. The molecule has 0 aliphatic rings. The minimum Gasteiger partial charge on any atom is -0.322 e. The average Bonchev–Trinajstić information content (AvgIpc) is 3.52. The SMILES string of the molecule is CCn1cc(Cn2cc(NC(=O)Cn3nc(C)c4c(-c5ccc(F)cc5)ccnc43)cn2)c(C)n1. The highest BCUT2D eigenvalue weighted by Crippen LogP contribution is 2.30. The van der Waals surface area contributed by atoms with Gasteiger partial charge in [0.05, 0.1) is 29.8 Å². The first-order valence-corrected chi connectivity index (χ1v) is 11.3. The Bertz CT molecular complexity index is 1510. The highest BCUT2D eigenvalue weighted by Gasteiger charge is 2.16. The number of anilines is 1. The van der Waals surface area contributed by atoms with Crippen molar-refractivity contribution in [3.05, 3.63) is 77.9 Å². The van der Waals surface area contributed by atoms with Gasteiger partial charge in [-0.1, -0.05) is 12.1 Å². The van der Waals surface area contributed by atoms with E-state index in [-0.39, 0.29) is 18.3 Å². The summed E-state index contributed by atoms with van der Waals surface area (Å²) < 4.78 is 18.6. The van der Waals surface area contributed by atoms with Crippen LogP contribution in [0.4, 0.5) is 10.1 Å². The molecular formula is C25H25FN8O. The Morgan fingerprint density at radius 1 is 1.03 bits per heavy atom. The maximum absolute atomic E-state index is 13.4. The van der Waals surface area contributed by atoms with E-state index in [2.05, 4.69) is 25.6 Å². The van der Waals surface area contributed by atoms with Crippen LogP contribution in [0.5, 0.6) is 0 Å². The number of carbonyl (C=O) groups excluding carboxylic acids is 1. The molecule has 0 saturated carbocycles. The van der Waals surface area contributed by atoms with Gasteiger partial charge in [-0.15, -0.1) is 0 Å². The van der Waals surface area contributed by atoms with Crippen LogP contribution in [0.1, 0.15) is 23.9 Å². The van der Waals surface area contributed by atoms with Crippen LogP contribution in [0.25, 0.3) is 22.2 Å². The molecule has 1 aromatic carbocycles. The van der Waals surface area contributed by atoms with E-state index < -0.39 is 0 Å². The monoisotopic (exact) mass is 472 g/mol. The van der Waals surface area contributed by atoms with Gasteiger partial charge in [0.1, 0.15) is 12.4 Å². The van der Waals surface area contributed by atoms with Gasteiger partial charge < -0.3 is 5.32 Å². The number of rotatable bonds is 7. The largest absolute Gasteiger partial charge is 0.322 e. The second kappa shape index (κ2) is 9.13. The van der Waals surface area contributed by atoms with Crippen LogP contribution in [0.3, 0.4) is 0 Å². The number of fused-ring (bicyclic) bond motifs is 1. The molecule has 1 N–H and O–H groups in total. The molecule has 0 atom stereocenters. The summed E-state index contributed by atoms with van der Waals surface area (Å²) >= 11 is 0. The van der Waals surface area contributed by atoms with E-state index in [1.807, 2.05) is 37.7 Å². The molecule has 178 valence electrons. The molecule has 10 heteroatoms. The quantitative estimate of drug-likeness (QED) is 0.387. The summed E-state index contributed by atoms with van der Waals surface area (Å²) in [4.78, 5) is 17.3. The number of aryl methyl sites for hydroxylation is 3. The summed E-state index contributed by atoms with van der Waals surface area (Å²) in [5.74, 6) is -0.532. The molecule has 0 aliphatic carbocycles. The smallest absolute Gasteiger partial charge is 0.246 e. The van der Waals surface area contributed by atoms with Gasteiger partial charge in [0, 0.05) is 36.1 Å². The fourth-order valence-corrected chi connectivity index (χ4v) is 4.16. The Balaban J connectivity index is 1.32. The van der Waals surface area contributed by atoms with Gasteiger partial charge in [-0.3, -0.25) is 14.2 Å². The fourth-order valence-electron chi connectivity index (χ4n) is 4.16. The number of amides is 1. The van der Waals surface area contributed by atoms with E-state index in [0.29, 0.717) is 17.9 Å². The Morgan fingerprint density at radius 2 is 1.83 bits per heavy atom. The van der Waals surface area contributed by atoms with Gasteiger partial charge in [-0.05, 0) is 50.1 Å². The Labute approximate surface area is 201 Å². The Kier molecular flexibility index (Phi) is 5.86. The number of nitrogens with zero attached hydrogens (tertiary/aromatic N) is 7. The van der Waals surface area contributed by atoms with Crippen molar-refractivity contribution in [3.63, 3.8) is 0 Å². The second-order valence-electron chi connectivity index (χ2n) is 8.38. The van der Waals surface area contributed by atoms with Crippen molar-refractivity contribution < 1.29 is 9.18 Å². The van der Waals surface area contributed by atoms with E-state index in [0.717, 1.165) is 40.0 Å². The first-order valence-electron chi connectivity index (χ1n) is 11.3. The summed E-state index contributed by atoms with van der Waals surface area (Å²) in [5, 5.41) is 17.1. The first kappa shape index (κ1) is 22.5. The molecule has 0 spiro atoms. The number of aromatic nitrogens is 7. The predicted molar refractivity (Wildman–Crippen MR) is 130 cm³/mol. The molecule has 0 radical (unpaired) electrons. The van der Waals surface area contributed by atoms with Crippen LogP contribution < -0.4 is 5.32 Å². The maximum Gasteiger partial charge on any atom is 0.246 e. The van der Waals surface area contributed by atoms with Crippen molar-refractivity contribution in [2.75, 3.05) is 5.32 Å². The summed E-state index contributed by atoms with van der Waals surface area (Å²) in [6.45, 7) is 7.26. The molecule has 35 heavy (non-hydrogen) atoms. The number of pyridine rings is 1. The van der Waals surface area contributed by atoms with Crippen LogP contribution in [-0.4, -0.2) is 40.2 Å². The van der Waals surface area contributed by atoms with Gasteiger partial charge in [-0.25, -0.2) is 14.1 Å². The van der Waals surface area contributed by atoms with Crippen LogP contribution in [0, 0.1) is 19.7 Å². The average molecular weight is 473 g/mol. The van der Waals surface area contributed by atoms with Crippen LogP contribution in [0.15, 0.2) is 55.1 Å². The zero-order valence-corrected chi connectivity index (χ0v) is 19.7. The standard InChI is InChI=1S/C25H25FN8O/c1-4-32-12-19(16(2)30-32)13-33-14-21(11-28-33)29-23(35)15-34-25-24(17(3)31-34)22(9-10-27-25)18-5-7-20(26)8-6-18/h5-12,14H,4,13,15H2,1-3H3,(H,29,35). The lowest BCUT2D eigenvalue weighted by atomic mass is 10.0. The van der Waals surface area contributed by atoms with E-state index in [1.165, 1.54) is 12.1 Å². The van der Waals surface area contributed by atoms with Crippen LogP contribution >= 0.6 is 0 Å². The van der Waals surface area contributed by atoms with Gasteiger partial charge in [0.25, 0.3) is 0 Å². The third-order valence-corrected chi connectivity index (χ3v) is 5.88. The van der Waals surface area contributed by atoms with Crippen LogP contribution in [0.2, 0.25) is 0 Å². The van der Waals surface area contributed by atoms with Gasteiger partial charge in [-0.2, -0.15) is 15.3 Å². The van der Waals surface area contributed by atoms with E-state index in [1.54, 1.807) is 40.1 Å². The molecular weight excluding hydrogens is 447 g/mol. The van der Waals surface area contributed by atoms with Crippen LogP contribution in [-0.2, 0) is 24.4 Å². The van der Waals surface area contributed by atoms with Crippen molar-refractivity contribution in [3.8, 4) is 11.1 Å². The minimum atomic E-state index is -0.294. The normalized spacial score (nSPS) is 11.3.